The number of rotatable bonds is 5. The molecule has 0 bridgehead atoms. The van der Waals surface area contributed by atoms with Crippen LogP contribution in [-0.4, -0.2) is 24.2 Å². The fourth-order valence-electron chi connectivity index (χ4n) is 2.60. The summed E-state index contributed by atoms with van der Waals surface area (Å²) in [7, 11) is 0. The van der Waals surface area contributed by atoms with Gasteiger partial charge in [0, 0.05) is 25.7 Å². The average molecular weight is 277 g/mol. The third kappa shape index (κ3) is 3.12. The molecular formula is C14H19N3OS. The van der Waals surface area contributed by atoms with Gasteiger partial charge >= 0.3 is 0 Å². The maximum Gasteiger partial charge on any atom is 0.0954 e. The highest BCUT2D eigenvalue weighted by atomic mass is 32.1. The summed E-state index contributed by atoms with van der Waals surface area (Å²) < 4.78 is 6.67. The molecule has 1 aliphatic rings. The molecule has 2 atom stereocenters. The standard InChI is InChI=1S/C14H19N3OS/c15-17-11(7-10-5-6-18-9-10)8-14-16-12-3-1-2-4-13(12)19-14/h1-4,10-11,17H,5-9,15H2. The number of hydrazine groups is 1. The van der Waals surface area contributed by atoms with Gasteiger partial charge in [-0.2, -0.15) is 0 Å². The maximum atomic E-state index is 5.68. The number of benzene rings is 1. The molecule has 4 nitrogen and oxygen atoms in total. The van der Waals surface area contributed by atoms with Crippen LogP contribution in [0.15, 0.2) is 24.3 Å². The number of fused-ring (bicyclic) bond motifs is 1. The Kier molecular flexibility index (Phi) is 4.08. The number of ether oxygens (including phenoxy) is 1. The van der Waals surface area contributed by atoms with Crippen LogP contribution in [0.25, 0.3) is 10.2 Å². The second-order valence-corrected chi connectivity index (χ2v) is 6.22. The van der Waals surface area contributed by atoms with Crippen molar-refractivity contribution in [2.45, 2.75) is 25.3 Å². The van der Waals surface area contributed by atoms with Gasteiger partial charge in [0.25, 0.3) is 0 Å². The van der Waals surface area contributed by atoms with Crippen molar-refractivity contribution in [2.75, 3.05) is 13.2 Å². The molecule has 1 aromatic heterocycles. The van der Waals surface area contributed by atoms with Crippen LogP contribution in [0.3, 0.4) is 0 Å². The van der Waals surface area contributed by atoms with Gasteiger partial charge in [-0.25, -0.2) is 4.98 Å². The van der Waals surface area contributed by atoms with Crippen LogP contribution in [-0.2, 0) is 11.2 Å². The van der Waals surface area contributed by atoms with E-state index in [1.54, 1.807) is 11.3 Å². The zero-order valence-corrected chi connectivity index (χ0v) is 11.7. The van der Waals surface area contributed by atoms with E-state index >= 15 is 0 Å². The Morgan fingerprint density at radius 2 is 2.37 bits per heavy atom. The summed E-state index contributed by atoms with van der Waals surface area (Å²) in [6.07, 6.45) is 3.11. The topological polar surface area (TPSA) is 60.2 Å². The maximum absolute atomic E-state index is 5.68. The SMILES string of the molecule is NNC(Cc1nc2ccccc2s1)CC1CCOC1. The van der Waals surface area contributed by atoms with E-state index in [2.05, 4.69) is 28.6 Å². The van der Waals surface area contributed by atoms with Gasteiger partial charge in [0.1, 0.15) is 0 Å². The largest absolute Gasteiger partial charge is 0.381 e. The fraction of sp³-hybridized carbons (Fsp3) is 0.500. The molecule has 1 fully saturated rings. The molecule has 1 saturated heterocycles. The molecule has 0 radical (unpaired) electrons. The molecule has 2 heterocycles. The van der Waals surface area contributed by atoms with Crippen molar-refractivity contribution in [3.63, 3.8) is 0 Å². The van der Waals surface area contributed by atoms with Crippen LogP contribution in [0, 0.1) is 5.92 Å². The molecule has 0 aliphatic carbocycles. The Morgan fingerprint density at radius 3 is 3.11 bits per heavy atom. The number of nitrogens with zero attached hydrogens (tertiary/aromatic N) is 1. The number of aromatic nitrogens is 1. The smallest absolute Gasteiger partial charge is 0.0954 e. The molecule has 0 saturated carbocycles. The molecular weight excluding hydrogens is 258 g/mol. The summed E-state index contributed by atoms with van der Waals surface area (Å²) in [5.41, 5.74) is 4.02. The lowest BCUT2D eigenvalue weighted by Gasteiger charge is -2.17. The Hall–Kier alpha value is -1.01. The van der Waals surface area contributed by atoms with Crippen LogP contribution in [0.2, 0.25) is 0 Å². The van der Waals surface area contributed by atoms with Crippen LogP contribution in [0.1, 0.15) is 17.8 Å². The van der Waals surface area contributed by atoms with E-state index < -0.39 is 0 Å². The Balaban J connectivity index is 1.67. The van der Waals surface area contributed by atoms with Crippen molar-refractivity contribution in [1.29, 1.82) is 0 Å². The minimum absolute atomic E-state index is 0.285. The van der Waals surface area contributed by atoms with E-state index in [1.807, 2.05) is 6.07 Å². The van der Waals surface area contributed by atoms with Crippen molar-refractivity contribution in [3.05, 3.63) is 29.3 Å². The van der Waals surface area contributed by atoms with Gasteiger partial charge in [-0.05, 0) is 30.9 Å². The Morgan fingerprint density at radius 1 is 1.47 bits per heavy atom. The summed E-state index contributed by atoms with van der Waals surface area (Å²) in [4.78, 5) is 4.67. The molecule has 5 heteroatoms. The monoisotopic (exact) mass is 277 g/mol. The van der Waals surface area contributed by atoms with Gasteiger partial charge in [0.2, 0.25) is 0 Å². The van der Waals surface area contributed by atoms with Crippen molar-refractivity contribution in [3.8, 4) is 0 Å². The number of hydrogen-bond donors (Lipinski definition) is 2. The van der Waals surface area contributed by atoms with Crippen LogP contribution >= 0.6 is 11.3 Å². The predicted octanol–water partition coefficient (Wildman–Crippen LogP) is 2.10. The molecule has 1 aliphatic heterocycles. The first-order chi connectivity index (χ1) is 9.35. The molecule has 2 aromatic rings. The van der Waals surface area contributed by atoms with E-state index in [4.69, 9.17) is 10.6 Å². The van der Waals surface area contributed by atoms with Gasteiger partial charge in [-0.15, -0.1) is 11.3 Å². The average Bonchev–Trinajstić information content (AvgIpc) is 3.06. The summed E-state index contributed by atoms with van der Waals surface area (Å²) in [5, 5.41) is 1.16. The minimum Gasteiger partial charge on any atom is -0.381 e. The molecule has 0 amide bonds. The molecule has 3 rings (SSSR count). The van der Waals surface area contributed by atoms with Gasteiger partial charge < -0.3 is 4.74 Å². The van der Waals surface area contributed by atoms with E-state index in [0.717, 1.165) is 43.0 Å². The quantitative estimate of drug-likeness (QED) is 0.649. The third-order valence-electron chi connectivity index (χ3n) is 3.64. The fourth-order valence-corrected chi connectivity index (χ4v) is 3.65. The second kappa shape index (κ2) is 5.96. The first kappa shape index (κ1) is 13.0. The molecule has 2 unspecified atom stereocenters. The van der Waals surface area contributed by atoms with Crippen LogP contribution in [0.4, 0.5) is 0 Å². The number of hydrogen-bond acceptors (Lipinski definition) is 5. The Labute approximate surface area is 116 Å². The van der Waals surface area contributed by atoms with Gasteiger partial charge in [0.05, 0.1) is 15.2 Å². The van der Waals surface area contributed by atoms with Gasteiger partial charge in [0.15, 0.2) is 0 Å². The second-order valence-electron chi connectivity index (χ2n) is 5.11. The molecule has 0 spiro atoms. The highest BCUT2D eigenvalue weighted by molar-refractivity contribution is 7.18. The van der Waals surface area contributed by atoms with Crippen molar-refractivity contribution in [2.24, 2.45) is 11.8 Å². The highest BCUT2D eigenvalue weighted by Crippen LogP contribution is 2.24. The van der Waals surface area contributed by atoms with Crippen LogP contribution in [0.5, 0.6) is 0 Å². The molecule has 1 aromatic carbocycles. The predicted molar refractivity (Wildman–Crippen MR) is 78.0 cm³/mol. The molecule has 102 valence electrons. The first-order valence-corrected chi connectivity index (χ1v) is 7.55. The van der Waals surface area contributed by atoms with Crippen molar-refractivity contribution >= 4 is 21.6 Å². The van der Waals surface area contributed by atoms with E-state index in [9.17, 15) is 0 Å². The number of thiazole rings is 1. The lowest BCUT2D eigenvalue weighted by atomic mass is 9.98. The minimum atomic E-state index is 0.285. The number of nitrogens with one attached hydrogen (secondary N) is 1. The number of nitrogens with two attached hydrogens (primary N) is 1. The Bertz CT molecular complexity index is 503. The summed E-state index contributed by atoms with van der Waals surface area (Å²) in [6.45, 7) is 1.77. The molecule has 3 N–H and O–H groups in total. The normalized spacial score (nSPS) is 21.0. The van der Waals surface area contributed by atoms with E-state index in [1.165, 1.54) is 4.70 Å². The summed E-state index contributed by atoms with van der Waals surface area (Å²) in [6, 6.07) is 8.54. The third-order valence-corrected chi connectivity index (χ3v) is 4.70. The van der Waals surface area contributed by atoms with E-state index in [0.29, 0.717) is 5.92 Å². The lowest BCUT2D eigenvalue weighted by molar-refractivity contribution is 0.181. The highest BCUT2D eigenvalue weighted by Gasteiger charge is 2.21. The van der Waals surface area contributed by atoms with E-state index in [-0.39, 0.29) is 6.04 Å². The summed E-state index contributed by atoms with van der Waals surface area (Å²) >= 11 is 1.76. The van der Waals surface area contributed by atoms with Crippen molar-refractivity contribution in [1.82, 2.24) is 10.4 Å². The lowest BCUT2D eigenvalue weighted by Crippen LogP contribution is -2.38. The first-order valence-electron chi connectivity index (χ1n) is 6.73. The molecule has 19 heavy (non-hydrogen) atoms. The zero-order valence-electron chi connectivity index (χ0n) is 10.8. The summed E-state index contributed by atoms with van der Waals surface area (Å²) in [5.74, 6) is 6.31. The number of para-hydroxylation sites is 1. The van der Waals surface area contributed by atoms with Crippen LogP contribution < -0.4 is 11.3 Å². The van der Waals surface area contributed by atoms with Crippen molar-refractivity contribution < 1.29 is 4.74 Å². The van der Waals surface area contributed by atoms with Gasteiger partial charge in [-0.3, -0.25) is 11.3 Å². The zero-order chi connectivity index (χ0) is 13.1. The van der Waals surface area contributed by atoms with Gasteiger partial charge in [-0.1, -0.05) is 12.1 Å².